The van der Waals surface area contributed by atoms with E-state index < -0.39 is 0 Å². The predicted molar refractivity (Wildman–Crippen MR) is 111 cm³/mol. The van der Waals surface area contributed by atoms with Crippen LogP contribution in [0, 0.1) is 0 Å². The molecule has 1 unspecified atom stereocenters. The molecule has 27 heavy (non-hydrogen) atoms. The Hall–Kier alpha value is -2.80. The lowest BCUT2D eigenvalue weighted by Gasteiger charge is -2.14. The van der Waals surface area contributed by atoms with E-state index in [2.05, 4.69) is 33.3 Å². The number of anilines is 3. The van der Waals surface area contributed by atoms with Gasteiger partial charge in [0.25, 0.3) is 0 Å². The van der Waals surface area contributed by atoms with Crippen LogP contribution in [0.4, 0.5) is 17.6 Å². The minimum Gasteiger partial charge on any atom is -0.494 e. The van der Waals surface area contributed by atoms with Crippen LogP contribution >= 0.6 is 11.8 Å². The quantitative estimate of drug-likeness (QED) is 0.590. The first kappa shape index (κ1) is 19.0. The van der Waals surface area contributed by atoms with Crippen molar-refractivity contribution in [1.29, 1.82) is 0 Å². The second kappa shape index (κ2) is 9.23. The number of aromatic nitrogens is 3. The van der Waals surface area contributed by atoms with E-state index in [9.17, 15) is 0 Å². The van der Waals surface area contributed by atoms with Crippen LogP contribution in [0.5, 0.6) is 5.75 Å². The minimum atomic E-state index is 0.0568. The average molecular weight is 382 g/mol. The lowest BCUT2D eigenvalue weighted by Crippen LogP contribution is -2.08. The highest BCUT2D eigenvalue weighted by Gasteiger charge is 2.14. The molecule has 0 fully saturated rings. The molecule has 1 heterocycles. The van der Waals surface area contributed by atoms with Gasteiger partial charge in [-0.15, -0.1) is 11.8 Å². The van der Waals surface area contributed by atoms with Gasteiger partial charge < -0.3 is 15.8 Å². The Labute approximate surface area is 163 Å². The second-order valence-corrected chi connectivity index (χ2v) is 7.19. The highest BCUT2D eigenvalue weighted by molar-refractivity contribution is 7.98. The molecule has 3 rings (SSSR count). The fourth-order valence-electron chi connectivity index (χ4n) is 2.51. The van der Waals surface area contributed by atoms with Gasteiger partial charge >= 0.3 is 0 Å². The number of nitrogens with two attached hydrogens (primary N) is 1. The fourth-order valence-corrected chi connectivity index (χ4v) is 3.43. The number of nitrogens with one attached hydrogen (secondary N) is 1. The van der Waals surface area contributed by atoms with Crippen molar-refractivity contribution in [2.24, 2.45) is 0 Å². The van der Waals surface area contributed by atoms with Crippen molar-refractivity contribution in [3.8, 4) is 5.75 Å². The van der Waals surface area contributed by atoms with Crippen LogP contribution < -0.4 is 15.8 Å². The lowest BCUT2D eigenvalue weighted by atomic mass is 10.2. The summed E-state index contributed by atoms with van der Waals surface area (Å²) < 4.78 is 5.70. The molecule has 0 aliphatic rings. The van der Waals surface area contributed by atoms with Crippen LogP contribution in [0.25, 0.3) is 0 Å². The maximum Gasteiger partial charge on any atom is 0.232 e. The first-order valence-electron chi connectivity index (χ1n) is 8.81. The molecule has 6 nitrogen and oxygen atoms in total. The molecular formula is C20H23N5OS. The van der Waals surface area contributed by atoms with Crippen LogP contribution in [-0.4, -0.2) is 21.6 Å². The van der Waals surface area contributed by atoms with Gasteiger partial charge in [0.15, 0.2) is 0 Å². The second-order valence-electron chi connectivity index (χ2n) is 5.86. The maximum absolute atomic E-state index is 5.89. The van der Waals surface area contributed by atoms with Gasteiger partial charge in [0, 0.05) is 17.0 Å². The van der Waals surface area contributed by atoms with Gasteiger partial charge in [0.1, 0.15) is 11.6 Å². The van der Waals surface area contributed by atoms with Gasteiger partial charge in [0.2, 0.25) is 11.9 Å². The number of hydrogen-bond acceptors (Lipinski definition) is 7. The lowest BCUT2D eigenvalue weighted by molar-refractivity contribution is 0.337. The number of nitrogen functional groups attached to an aromatic ring is 1. The van der Waals surface area contributed by atoms with E-state index in [1.807, 2.05) is 55.5 Å². The van der Waals surface area contributed by atoms with E-state index in [0.29, 0.717) is 18.4 Å². The molecule has 0 saturated heterocycles. The van der Waals surface area contributed by atoms with Crippen molar-refractivity contribution in [3.63, 3.8) is 0 Å². The van der Waals surface area contributed by atoms with E-state index in [-0.39, 0.29) is 11.2 Å². The molecule has 3 N–H and O–H groups in total. The minimum absolute atomic E-state index is 0.0568. The smallest absolute Gasteiger partial charge is 0.232 e. The third-order valence-electron chi connectivity index (χ3n) is 3.82. The molecule has 1 atom stereocenters. The van der Waals surface area contributed by atoms with Gasteiger partial charge in [-0.05, 0) is 32.0 Å². The fraction of sp³-hybridized carbons (Fsp3) is 0.250. The summed E-state index contributed by atoms with van der Waals surface area (Å²) in [7, 11) is 0. The monoisotopic (exact) mass is 381 g/mol. The normalized spacial score (nSPS) is 11.8. The topological polar surface area (TPSA) is 86.0 Å². The van der Waals surface area contributed by atoms with Crippen molar-refractivity contribution >= 4 is 29.3 Å². The number of ether oxygens (including phenoxy) is 1. The van der Waals surface area contributed by atoms with E-state index >= 15 is 0 Å². The molecule has 7 heteroatoms. The number of hydrogen-bond donors (Lipinski definition) is 2. The zero-order chi connectivity index (χ0) is 19.1. The average Bonchev–Trinajstić information content (AvgIpc) is 2.67. The van der Waals surface area contributed by atoms with Crippen molar-refractivity contribution < 1.29 is 4.74 Å². The summed E-state index contributed by atoms with van der Waals surface area (Å²) in [6.45, 7) is 4.70. The zero-order valence-corrected chi connectivity index (χ0v) is 16.2. The molecule has 0 aliphatic heterocycles. The molecule has 1 aromatic heterocycles. The number of nitrogens with zero attached hydrogens (tertiary/aromatic N) is 3. The molecule has 0 aliphatic carbocycles. The number of para-hydroxylation sites is 2. The molecule has 2 aromatic carbocycles. The van der Waals surface area contributed by atoms with E-state index in [1.54, 1.807) is 11.8 Å². The molecule has 140 valence electrons. The Kier molecular flexibility index (Phi) is 6.49. The van der Waals surface area contributed by atoms with Crippen LogP contribution in [0.1, 0.15) is 30.5 Å². The number of rotatable bonds is 8. The standard InChI is InChI=1S/C20H23N5OS/c1-3-26-17-12-8-7-9-15(17)13-27-14(2)18-23-19(21)25-20(24-18)22-16-10-5-4-6-11-16/h4-12,14H,3,13H2,1-2H3,(H3,21,22,23,24,25). The maximum atomic E-state index is 5.89. The molecule has 0 spiro atoms. The van der Waals surface area contributed by atoms with Gasteiger partial charge in [-0.25, -0.2) is 0 Å². The Balaban J connectivity index is 1.70. The molecular weight excluding hydrogens is 358 g/mol. The highest BCUT2D eigenvalue weighted by Crippen LogP contribution is 2.32. The largest absolute Gasteiger partial charge is 0.494 e. The van der Waals surface area contributed by atoms with E-state index in [0.717, 1.165) is 22.8 Å². The summed E-state index contributed by atoms with van der Waals surface area (Å²) in [6.07, 6.45) is 0. The Morgan fingerprint density at radius 3 is 2.56 bits per heavy atom. The summed E-state index contributed by atoms with van der Waals surface area (Å²) in [5.74, 6) is 3.03. The van der Waals surface area contributed by atoms with E-state index in [4.69, 9.17) is 10.5 Å². The van der Waals surface area contributed by atoms with Gasteiger partial charge in [-0.2, -0.15) is 15.0 Å². The molecule has 3 aromatic rings. The van der Waals surface area contributed by atoms with Crippen molar-refractivity contribution in [2.45, 2.75) is 24.9 Å². The van der Waals surface area contributed by atoms with Gasteiger partial charge in [-0.3, -0.25) is 0 Å². The summed E-state index contributed by atoms with van der Waals surface area (Å²) in [6, 6.07) is 17.8. The van der Waals surface area contributed by atoms with Crippen LogP contribution in [0.2, 0.25) is 0 Å². The van der Waals surface area contributed by atoms with Gasteiger partial charge in [-0.1, -0.05) is 36.4 Å². The SMILES string of the molecule is CCOc1ccccc1CSC(C)c1nc(N)nc(Nc2ccccc2)n1. The summed E-state index contributed by atoms with van der Waals surface area (Å²) in [5, 5.41) is 3.22. The third-order valence-corrected chi connectivity index (χ3v) is 5.01. The predicted octanol–water partition coefficient (Wildman–Crippen LogP) is 4.59. The third kappa shape index (κ3) is 5.34. The van der Waals surface area contributed by atoms with Crippen molar-refractivity contribution in [2.75, 3.05) is 17.7 Å². The Morgan fingerprint density at radius 1 is 1.04 bits per heavy atom. The Morgan fingerprint density at radius 2 is 1.78 bits per heavy atom. The zero-order valence-electron chi connectivity index (χ0n) is 15.4. The van der Waals surface area contributed by atoms with Crippen molar-refractivity contribution in [1.82, 2.24) is 15.0 Å². The van der Waals surface area contributed by atoms with Crippen LogP contribution in [-0.2, 0) is 5.75 Å². The summed E-state index contributed by atoms with van der Waals surface area (Å²) >= 11 is 1.73. The number of benzene rings is 2. The number of thioether (sulfide) groups is 1. The van der Waals surface area contributed by atoms with Crippen LogP contribution in [0.15, 0.2) is 54.6 Å². The van der Waals surface area contributed by atoms with E-state index in [1.165, 1.54) is 0 Å². The molecule has 0 amide bonds. The van der Waals surface area contributed by atoms with Crippen molar-refractivity contribution in [3.05, 3.63) is 66.0 Å². The summed E-state index contributed by atoms with van der Waals surface area (Å²) in [5.41, 5.74) is 7.95. The van der Waals surface area contributed by atoms with Gasteiger partial charge in [0.05, 0.1) is 11.9 Å². The Bertz CT molecular complexity index is 875. The molecule has 0 bridgehead atoms. The highest BCUT2D eigenvalue weighted by atomic mass is 32.2. The first-order chi connectivity index (χ1) is 13.2. The summed E-state index contributed by atoms with van der Waals surface area (Å²) in [4.78, 5) is 13.0. The van der Waals surface area contributed by atoms with Crippen LogP contribution in [0.3, 0.4) is 0 Å². The molecule has 0 saturated carbocycles. The molecule has 0 radical (unpaired) electrons. The first-order valence-corrected chi connectivity index (χ1v) is 9.86.